The van der Waals surface area contributed by atoms with Gasteiger partial charge in [0, 0.05) is 16.7 Å². The molecule has 1 aromatic rings. The van der Waals surface area contributed by atoms with E-state index in [1.165, 1.54) is 9.13 Å². The lowest BCUT2D eigenvalue weighted by atomic mass is 10.1. The lowest BCUT2D eigenvalue weighted by Gasteiger charge is -2.31. The van der Waals surface area contributed by atoms with Crippen LogP contribution in [0, 0.1) is 3.57 Å². The molecule has 1 unspecified atom stereocenters. The fourth-order valence-corrected chi connectivity index (χ4v) is 2.35. The van der Waals surface area contributed by atoms with E-state index in [4.69, 9.17) is 4.74 Å². The lowest BCUT2D eigenvalue weighted by molar-refractivity contribution is -0.156. The average molecular weight is 331 g/mol. The molecule has 1 heterocycles. The molecule has 1 aliphatic heterocycles. The molecule has 0 saturated carbocycles. The van der Waals surface area contributed by atoms with Crippen LogP contribution >= 0.6 is 22.6 Å². The summed E-state index contributed by atoms with van der Waals surface area (Å²) in [4.78, 5) is 13.6. The minimum Gasteiger partial charge on any atom is -0.463 e. The maximum absolute atomic E-state index is 11.4. The number of morpholine rings is 1. The van der Waals surface area contributed by atoms with Gasteiger partial charge in [0.25, 0.3) is 0 Å². The number of ether oxygens (including phenoxy) is 1. The highest BCUT2D eigenvalue weighted by Gasteiger charge is 2.27. The van der Waals surface area contributed by atoms with Crippen LogP contribution in [0.2, 0.25) is 0 Å². The number of rotatable bonds is 2. The van der Waals surface area contributed by atoms with Crippen molar-refractivity contribution in [2.24, 2.45) is 0 Å². The molecule has 1 atom stereocenters. The number of esters is 1. The first-order valence-electron chi connectivity index (χ1n) is 5.32. The lowest BCUT2D eigenvalue weighted by Crippen LogP contribution is -2.46. The zero-order valence-corrected chi connectivity index (χ0v) is 11.3. The molecule has 1 fully saturated rings. The van der Waals surface area contributed by atoms with Gasteiger partial charge < -0.3 is 4.74 Å². The highest BCUT2D eigenvalue weighted by atomic mass is 127. The molecule has 1 aliphatic rings. The fraction of sp³-hybridized carbons (Fsp3) is 0.417. The maximum Gasteiger partial charge on any atom is 0.323 e. The summed E-state index contributed by atoms with van der Waals surface area (Å²) in [6, 6.07) is 8.12. The smallest absolute Gasteiger partial charge is 0.323 e. The summed E-state index contributed by atoms with van der Waals surface area (Å²) in [7, 11) is 0. The summed E-state index contributed by atoms with van der Waals surface area (Å²) in [5.41, 5.74) is 1.27. The Morgan fingerprint density at radius 3 is 3.00 bits per heavy atom. The quantitative estimate of drug-likeness (QED) is 0.614. The van der Waals surface area contributed by atoms with Crippen molar-refractivity contribution in [1.82, 2.24) is 4.90 Å². The largest absolute Gasteiger partial charge is 0.463 e. The van der Waals surface area contributed by atoms with Crippen LogP contribution in [-0.2, 0) is 16.1 Å². The molecule has 3 nitrogen and oxygen atoms in total. The predicted molar refractivity (Wildman–Crippen MR) is 70.0 cm³/mol. The van der Waals surface area contributed by atoms with Gasteiger partial charge in [-0.1, -0.05) is 18.2 Å². The molecule has 0 N–H and O–H groups in total. The molecule has 0 radical (unpaired) electrons. The van der Waals surface area contributed by atoms with E-state index < -0.39 is 0 Å². The van der Waals surface area contributed by atoms with Crippen molar-refractivity contribution in [3.8, 4) is 0 Å². The van der Waals surface area contributed by atoms with E-state index in [0.717, 1.165) is 13.1 Å². The Balaban J connectivity index is 2.09. The van der Waals surface area contributed by atoms with Crippen molar-refractivity contribution >= 4 is 28.6 Å². The number of halogens is 1. The monoisotopic (exact) mass is 331 g/mol. The SMILES string of the molecule is CC1C(=O)OCCN1Cc1ccccc1I. The maximum atomic E-state index is 11.4. The second-order valence-electron chi connectivity index (χ2n) is 3.91. The summed E-state index contributed by atoms with van der Waals surface area (Å²) in [5, 5.41) is 0. The van der Waals surface area contributed by atoms with Gasteiger partial charge in [0.1, 0.15) is 12.6 Å². The third-order valence-corrected chi connectivity index (χ3v) is 3.90. The summed E-state index contributed by atoms with van der Waals surface area (Å²) >= 11 is 2.33. The van der Waals surface area contributed by atoms with E-state index in [1.807, 2.05) is 19.1 Å². The molecular weight excluding hydrogens is 317 g/mol. The number of hydrogen-bond donors (Lipinski definition) is 0. The number of cyclic esters (lactones) is 1. The molecule has 0 amide bonds. The minimum absolute atomic E-state index is 0.114. The molecule has 1 saturated heterocycles. The molecule has 0 bridgehead atoms. The first-order chi connectivity index (χ1) is 7.68. The predicted octanol–water partition coefficient (Wildman–Crippen LogP) is 2.04. The average Bonchev–Trinajstić information content (AvgIpc) is 2.28. The van der Waals surface area contributed by atoms with Crippen LogP contribution in [0.1, 0.15) is 12.5 Å². The van der Waals surface area contributed by atoms with Gasteiger partial charge in [-0.3, -0.25) is 9.69 Å². The first-order valence-corrected chi connectivity index (χ1v) is 6.40. The van der Waals surface area contributed by atoms with E-state index in [-0.39, 0.29) is 12.0 Å². The minimum atomic E-state index is -0.134. The van der Waals surface area contributed by atoms with Crippen LogP contribution < -0.4 is 0 Å². The zero-order valence-electron chi connectivity index (χ0n) is 9.15. The van der Waals surface area contributed by atoms with Gasteiger partial charge in [-0.05, 0) is 41.1 Å². The summed E-state index contributed by atoms with van der Waals surface area (Å²) in [6.07, 6.45) is 0. The second-order valence-corrected chi connectivity index (χ2v) is 5.07. The van der Waals surface area contributed by atoms with E-state index in [2.05, 4.69) is 39.6 Å². The van der Waals surface area contributed by atoms with Crippen LogP contribution in [0.15, 0.2) is 24.3 Å². The van der Waals surface area contributed by atoms with Crippen molar-refractivity contribution in [1.29, 1.82) is 0 Å². The van der Waals surface area contributed by atoms with Crippen molar-refractivity contribution in [3.05, 3.63) is 33.4 Å². The molecule has 16 heavy (non-hydrogen) atoms. The standard InChI is InChI=1S/C12H14INO2/c1-9-12(15)16-7-6-14(9)8-10-4-2-3-5-11(10)13/h2-5,9H,6-8H2,1H3. The number of carbonyl (C=O) groups is 1. The molecule has 2 rings (SSSR count). The molecule has 4 heteroatoms. The number of hydrogen-bond acceptors (Lipinski definition) is 3. The van der Waals surface area contributed by atoms with Gasteiger partial charge in [-0.25, -0.2) is 0 Å². The van der Waals surface area contributed by atoms with E-state index in [0.29, 0.717) is 6.61 Å². The van der Waals surface area contributed by atoms with Crippen molar-refractivity contribution in [2.75, 3.05) is 13.2 Å². The highest BCUT2D eigenvalue weighted by Crippen LogP contribution is 2.17. The van der Waals surface area contributed by atoms with Gasteiger partial charge >= 0.3 is 5.97 Å². The number of nitrogens with zero attached hydrogens (tertiary/aromatic N) is 1. The topological polar surface area (TPSA) is 29.5 Å². The van der Waals surface area contributed by atoms with Gasteiger partial charge in [0.2, 0.25) is 0 Å². The van der Waals surface area contributed by atoms with Gasteiger partial charge in [0.15, 0.2) is 0 Å². The third kappa shape index (κ3) is 2.55. The van der Waals surface area contributed by atoms with Crippen LogP contribution in [0.25, 0.3) is 0 Å². The first kappa shape index (κ1) is 11.9. The Morgan fingerprint density at radius 1 is 1.50 bits per heavy atom. The molecule has 0 aliphatic carbocycles. The zero-order chi connectivity index (χ0) is 11.5. The van der Waals surface area contributed by atoms with Gasteiger partial charge in [0.05, 0.1) is 0 Å². The van der Waals surface area contributed by atoms with Crippen LogP contribution in [0.5, 0.6) is 0 Å². The van der Waals surface area contributed by atoms with Crippen LogP contribution in [0.3, 0.4) is 0 Å². The Hall–Kier alpha value is -0.620. The summed E-state index contributed by atoms with van der Waals surface area (Å²) in [6.45, 7) is 4.04. The summed E-state index contributed by atoms with van der Waals surface area (Å²) in [5.74, 6) is -0.114. The normalized spacial score (nSPS) is 21.9. The number of carbonyl (C=O) groups excluding carboxylic acids is 1. The van der Waals surface area contributed by atoms with E-state index >= 15 is 0 Å². The van der Waals surface area contributed by atoms with Crippen molar-refractivity contribution in [3.63, 3.8) is 0 Å². The molecule has 86 valence electrons. The number of benzene rings is 1. The van der Waals surface area contributed by atoms with Crippen LogP contribution in [-0.4, -0.2) is 30.1 Å². The van der Waals surface area contributed by atoms with Gasteiger partial charge in [-0.15, -0.1) is 0 Å². The van der Waals surface area contributed by atoms with E-state index in [1.54, 1.807) is 0 Å². The Bertz CT molecular complexity index is 394. The van der Waals surface area contributed by atoms with Crippen molar-refractivity contribution in [2.45, 2.75) is 19.5 Å². The molecular formula is C12H14INO2. The highest BCUT2D eigenvalue weighted by molar-refractivity contribution is 14.1. The second kappa shape index (κ2) is 5.14. The third-order valence-electron chi connectivity index (χ3n) is 2.84. The Labute approximate surface area is 109 Å². The van der Waals surface area contributed by atoms with Gasteiger partial charge in [-0.2, -0.15) is 0 Å². The van der Waals surface area contributed by atoms with E-state index in [9.17, 15) is 4.79 Å². The molecule has 0 spiro atoms. The summed E-state index contributed by atoms with van der Waals surface area (Å²) < 4.78 is 6.25. The fourth-order valence-electron chi connectivity index (χ4n) is 1.79. The molecule has 1 aromatic carbocycles. The molecule has 0 aromatic heterocycles. The Morgan fingerprint density at radius 2 is 2.25 bits per heavy atom. The Kier molecular flexibility index (Phi) is 3.81. The van der Waals surface area contributed by atoms with Crippen LogP contribution in [0.4, 0.5) is 0 Å². The van der Waals surface area contributed by atoms with Crippen molar-refractivity contribution < 1.29 is 9.53 Å².